The van der Waals surface area contributed by atoms with Crippen LogP contribution < -0.4 is 0 Å². The number of hydrogen-bond acceptors (Lipinski definition) is 10. The van der Waals surface area contributed by atoms with Crippen molar-refractivity contribution in [3.63, 3.8) is 0 Å². The molecule has 0 saturated carbocycles. The molecule has 0 aliphatic heterocycles. The first-order chi connectivity index (χ1) is 15.4. The molecule has 0 heterocycles. The number of halogens is 2. The largest absolute Gasteiger partial charge is 0.463 e. The van der Waals surface area contributed by atoms with Crippen molar-refractivity contribution in [1.29, 1.82) is 0 Å². The Hall–Kier alpha value is -2.01. The SMILES string of the molecule is CC(=O)OCC(O[C@H](Sc1ccc(Cl)c(Cl)c1)C(C)OC(C)=O)[C@@H](COC(C)=O)OC(C)=O. The first-order valence-corrected chi connectivity index (χ1v) is 11.4. The van der Waals surface area contributed by atoms with Gasteiger partial charge in [0.25, 0.3) is 0 Å². The lowest BCUT2D eigenvalue weighted by atomic mass is 10.2. The minimum atomic E-state index is -1.10. The van der Waals surface area contributed by atoms with E-state index in [2.05, 4.69) is 0 Å². The van der Waals surface area contributed by atoms with Crippen LogP contribution in [0.25, 0.3) is 0 Å². The number of carbonyl (C=O) groups excluding carboxylic acids is 4. The number of rotatable bonds is 12. The number of thioether (sulfide) groups is 1. The molecule has 9 nitrogen and oxygen atoms in total. The number of benzene rings is 1. The molecule has 1 aromatic carbocycles. The molecule has 0 saturated heterocycles. The highest BCUT2D eigenvalue weighted by molar-refractivity contribution is 7.99. The second-order valence-corrected chi connectivity index (χ2v) is 8.79. The monoisotopic (exact) mass is 524 g/mol. The Morgan fingerprint density at radius 2 is 1.36 bits per heavy atom. The Kier molecular flexibility index (Phi) is 12.6. The average molecular weight is 525 g/mol. The van der Waals surface area contributed by atoms with Crippen molar-refractivity contribution in [1.82, 2.24) is 0 Å². The van der Waals surface area contributed by atoms with Crippen molar-refractivity contribution in [2.45, 2.75) is 63.3 Å². The minimum Gasteiger partial charge on any atom is -0.463 e. The van der Waals surface area contributed by atoms with E-state index in [0.717, 1.165) is 11.8 Å². The quantitative estimate of drug-likeness (QED) is 0.173. The molecule has 1 rings (SSSR count). The standard InChI is InChI=1S/C21H26Cl2O9S/c1-11(30-14(4)26)21(33-16-6-7-17(22)18(23)8-16)32-20(10-29-13(3)25)19(31-15(5)27)9-28-12(2)24/h6-8,11,19-21H,9-10H2,1-5H3/t11?,19-,20?,21-/m1/s1. The maximum absolute atomic E-state index is 11.6. The van der Waals surface area contributed by atoms with E-state index in [1.807, 2.05) is 0 Å². The fourth-order valence-electron chi connectivity index (χ4n) is 2.47. The van der Waals surface area contributed by atoms with Crippen molar-refractivity contribution in [2.24, 2.45) is 0 Å². The number of hydrogen-bond donors (Lipinski definition) is 0. The van der Waals surface area contributed by atoms with Gasteiger partial charge < -0.3 is 23.7 Å². The third-order valence-corrected chi connectivity index (χ3v) is 5.81. The molecule has 0 fully saturated rings. The molecule has 33 heavy (non-hydrogen) atoms. The van der Waals surface area contributed by atoms with E-state index in [4.69, 9.17) is 46.9 Å². The molecule has 0 N–H and O–H groups in total. The molecule has 0 radical (unpaired) electrons. The highest BCUT2D eigenvalue weighted by Gasteiger charge is 2.34. The van der Waals surface area contributed by atoms with E-state index in [0.29, 0.717) is 14.9 Å². The third-order valence-electron chi connectivity index (χ3n) is 3.82. The van der Waals surface area contributed by atoms with Crippen LogP contribution in [0.1, 0.15) is 34.6 Å². The van der Waals surface area contributed by atoms with Crippen LogP contribution in [0, 0.1) is 0 Å². The van der Waals surface area contributed by atoms with Crippen molar-refractivity contribution < 1.29 is 42.9 Å². The van der Waals surface area contributed by atoms with Crippen molar-refractivity contribution in [3.05, 3.63) is 28.2 Å². The predicted molar refractivity (Wildman–Crippen MR) is 121 cm³/mol. The summed E-state index contributed by atoms with van der Waals surface area (Å²) in [6.07, 6.45) is -2.95. The van der Waals surface area contributed by atoms with E-state index in [9.17, 15) is 19.2 Å². The average Bonchev–Trinajstić information content (AvgIpc) is 2.69. The van der Waals surface area contributed by atoms with Gasteiger partial charge in [-0.25, -0.2) is 0 Å². The maximum Gasteiger partial charge on any atom is 0.303 e. The summed E-state index contributed by atoms with van der Waals surface area (Å²) >= 11 is 13.2. The Morgan fingerprint density at radius 3 is 1.85 bits per heavy atom. The summed E-state index contributed by atoms with van der Waals surface area (Å²) in [6, 6.07) is 4.90. The topological polar surface area (TPSA) is 114 Å². The van der Waals surface area contributed by atoms with E-state index >= 15 is 0 Å². The zero-order valence-electron chi connectivity index (χ0n) is 18.8. The third kappa shape index (κ3) is 11.6. The lowest BCUT2D eigenvalue weighted by molar-refractivity contribution is -0.179. The van der Waals surface area contributed by atoms with Gasteiger partial charge in [0.05, 0.1) is 10.0 Å². The van der Waals surface area contributed by atoms with Crippen LogP contribution in [0.3, 0.4) is 0 Å². The van der Waals surface area contributed by atoms with E-state index in [-0.39, 0.29) is 13.2 Å². The summed E-state index contributed by atoms with van der Waals surface area (Å²) < 4.78 is 26.7. The summed E-state index contributed by atoms with van der Waals surface area (Å²) in [5.74, 6) is -2.41. The Balaban J connectivity index is 3.24. The second kappa shape index (κ2) is 14.3. The molecule has 0 aliphatic carbocycles. The molecule has 0 spiro atoms. The summed E-state index contributed by atoms with van der Waals surface area (Å²) in [5.41, 5.74) is -0.859. The summed E-state index contributed by atoms with van der Waals surface area (Å²) in [6.45, 7) is 5.76. The van der Waals surface area contributed by atoms with Gasteiger partial charge in [0.2, 0.25) is 0 Å². The van der Waals surface area contributed by atoms with Crippen LogP contribution in [0.4, 0.5) is 0 Å². The van der Waals surface area contributed by atoms with Crippen molar-refractivity contribution in [2.75, 3.05) is 13.2 Å². The highest BCUT2D eigenvalue weighted by atomic mass is 35.5. The molecular formula is C21H26Cl2O9S. The van der Waals surface area contributed by atoms with Crippen molar-refractivity contribution >= 4 is 58.8 Å². The first kappa shape index (κ1) is 29.0. The molecule has 0 bridgehead atoms. The van der Waals surface area contributed by atoms with Crippen LogP contribution in [-0.4, -0.2) is 60.8 Å². The van der Waals surface area contributed by atoms with E-state index in [1.54, 1.807) is 25.1 Å². The Labute approximate surface area is 206 Å². The molecular weight excluding hydrogens is 499 g/mol. The van der Waals surface area contributed by atoms with Gasteiger partial charge in [-0.05, 0) is 25.1 Å². The van der Waals surface area contributed by atoms with E-state index in [1.165, 1.54) is 27.7 Å². The predicted octanol–water partition coefficient (Wildman–Crippen LogP) is 3.81. The van der Waals surface area contributed by atoms with Gasteiger partial charge in [0.1, 0.15) is 30.9 Å². The van der Waals surface area contributed by atoms with Gasteiger partial charge in [0, 0.05) is 32.6 Å². The minimum absolute atomic E-state index is 0.310. The number of ether oxygens (including phenoxy) is 5. The number of carbonyl (C=O) groups is 4. The van der Waals surface area contributed by atoms with Gasteiger partial charge in [-0.1, -0.05) is 35.0 Å². The molecule has 12 heteroatoms. The smallest absolute Gasteiger partial charge is 0.303 e. The summed E-state index contributed by atoms with van der Waals surface area (Å²) in [4.78, 5) is 46.5. The molecule has 4 atom stereocenters. The first-order valence-electron chi connectivity index (χ1n) is 9.77. The lowest BCUT2D eigenvalue weighted by Gasteiger charge is -2.32. The Bertz CT molecular complexity index is 849. The lowest BCUT2D eigenvalue weighted by Crippen LogP contribution is -2.44. The van der Waals surface area contributed by atoms with E-state index < -0.39 is 47.6 Å². The fraction of sp³-hybridized carbons (Fsp3) is 0.524. The van der Waals surface area contributed by atoms with Crippen LogP contribution in [0.15, 0.2) is 23.1 Å². The second-order valence-electron chi connectivity index (χ2n) is 6.80. The van der Waals surface area contributed by atoms with Gasteiger partial charge >= 0.3 is 23.9 Å². The van der Waals surface area contributed by atoms with Crippen LogP contribution in [0.5, 0.6) is 0 Å². The summed E-state index contributed by atoms with van der Waals surface area (Å²) in [7, 11) is 0. The Morgan fingerprint density at radius 1 is 0.818 bits per heavy atom. The molecule has 1 aromatic rings. The maximum atomic E-state index is 11.6. The van der Waals surface area contributed by atoms with Crippen molar-refractivity contribution in [3.8, 4) is 0 Å². The van der Waals surface area contributed by atoms with Crippen LogP contribution in [0.2, 0.25) is 10.0 Å². The molecule has 0 amide bonds. The zero-order chi connectivity index (χ0) is 25.1. The fourth-order valence-corrected chi connectivity index (χ4v) is 3.88. The van der Waals surface area contributed by atoms with Gasteiger partial charge in [-0.2, -0.15) is 0 Å². The van der Waals surface area contributed by atoms with Crippen LogP contribution >= 0.6 is 35.0 Å². The highest BCUT2D eigenvalue weighted by Crippen LogP contribution is 2.33. The van der Waals surface area contributed by atoms with Gasteiger partial charge in [-0.15, -0.1) is 0 Å². The molecule has 0 aliphatic rings. The zero-order valence-corrected chi connectivity index (χ0v) is 21.1. The molecule has 2 unspecified atom stereocenters. The molecule has 184 valence electrons. The van der Waals surface area contributed by atoms with Gasteiger partial charge in [-0.3, -0.25) is 19.2 Å². The number of esters is 4. The summed E-state index contributed by atoms with van der Waals surface area (Å²) in [5, 5.41) is 0.667. The molecule has 0 aromatic heterocycles. The van der Waals surface area contributed by atoms with Crippen LogP contribution in [-0.2, 0) is 42.9 Å². The van der Waals surface area contributed by atoms with Gasteiger partial charge in [0.15, 0.2) is 6.10 Å². The normalized spacial score (nSPS) is 14.4.